The Bertz CT molecular complexity index is 974. The van der Waals surface area contributed by atoms with E-state index in [0.717, 1.165) is 47.8 Å². The van der Waals surface area contributed by atoms with Gasteiger partial charge in [0, 0.05) is 49.4 Å². The quantitative estimate of drug-likeness (QED) is 0.741. The number of nitrogens with one attached hydrogen (secondary N) is 1. The Kier molecular flexibility index (Phi) is 5.21. The summed E-state index contributed by atoms with van der Waals surface area (Å²) in [6.07, 6.45) is 0. The summed E-state index contributed by atoms with van der Waals surface area (Å²) in [6.45, 7) is 5.83. The van der Waals surface area contributed by atoms with Gasteiger partial charge in [-0.1, -0.05) is 18.2 Å². The molecule has 1 aliphatic rings. The van der Waals surface area contributed by atoms with Crippen molar-refractivity contribution in [3.63, 3.8) is 0 Å². The maximum absolute atomic E-state index is 12.6. The zero-order valence-electron chi connectivity index (χ0n) is 16.3. The van der Waals surface area contributed by atoms with E-state index in [9.17, 15) is 4.79 Å². The number of hydrogen-bond donors (Lipinski definition) is 1. The first-order chi connectivity index (χ1) is 13.6. The van der Waals surface area contributed by atoms with Gasteiger partial charge in [-0.25, -0.2) is 4.79 Å². The third-order valence-electron chi connectivity index (χ3n) is 5.14. The zero-order valence-corrected chi connectivity index (χ0v) is 16.3. The van der Waals surface area contributed by atoms with Crippen LogP contribution >= 0.6 is 0 Å². The zero-order chi connectivity index (χ0) is 19.5. The number of piperazine rings is 1. The van der Waals surface area contributed by atoms with Crippen molar-refractivity contribution < 1.29 is 13.9 Å². The molecule has 0 aliphatic carbocycles. The van der Waals surface area contributed by atoms with Crippen LogP contribution in [0.5, 0.6) is 5.75 Å². The van der Waals surface area contributed by atoms with Gasteiger partial charge in [0.2, 0.25) is 0 Å². The minimum Gasteiger partial charge on any atom is -0.496 e. The summed E-state index contributed by atoms with van der Waals surface area (Å²) in [7, 11) is 1.70. The van der Waals surface area contributed by atoms with E-state index < -0.39 is 0 Å². The van der Waals surface area contributed by atoms with Crippen molar-refractivity contribution in [2.45, 2.75) is 13.5 Å². The number of rotatable bonds is 4. The second-order valence-electron chi connectivity index (χ2n) is 7.11. The van der Waals surface area contributed by atoms with Crippen molar-refractivity contribution in [1.82, 2.24) is 9.80 Å². The van der Waals surface area contributed by atoms with Gasteiger partial charge in [0.15, 0.2) is 0 Å². The maximum Gasteiger partial charge on any atom is 0.321 e. The number of furan rings is 1. The van der Waals surface area contributed by atoms with Crippen LogP contribution in [0.1, 0.15) is 11.3 Å². The van der Waals surface area contributed by atoms with Crippen molar-refractivity contribution in [2.24, 2.45) is 0 Å². The van der Waals surface area contributed by atoms with Crippen LogP contribution in [-0.4, -0.2) is 49.1 Å². The molecule has 1 aliphatic heterocycles. The molecule has 0 atom stereocenters. The van der Waals surface area contributed by atoms with Crippen LogP contribution in [0.25, 0.3) is 11.0 Å². The number of ether oxygens (including phenoxy) is 1. The van der Waals surface area contributed by atoms with Gasteiger partial charge >= 0.3 is 6.03 Å². The molecule has 4 rings (SSSR count). The molecule has 28 heavy (non-hydrogen) atoms. The topological polar surface area (TPSA) is 58.0 Å². The Balaban J connectivity index is 1.33. The highest BCUT2D eigenvalue weighted by Gasteiger charge is 2.22. The second kappa shape index (κ2) is 7.94. The van der Waals surface area contributed by atoms with Gasteiger partial charge in [0.1, 0.15) is 17.1 Å². The lowest BCUT2D eigenvalue weighted by Crippen LogP contribution is -2.49. The van der Waals surface area contributed by atoms with Crippen molar-refractivity contribution in [1.29, 1.82) is 0 Å². The van der Waals surface area contributed by atoms with Crippen LogP contribution in [0.4, 0.5) is 10.5 Å². The van der Waals surface area contributed by atoms with Gasteiger partial charge in [0.05, 0.1) is 7.11 Å². The van der Waals surface area contributed by atoms with Crippen LogP contribution < -0.4 is 10.1 Å². The van der Waals surface area contributed by atoms with E-state index in [-0.39, 0.29) is 6.03 Å². The maximum atomic E-state index is 12.6. The molecule has 1 N–H and O–H groups in total. The number of carbonyl (C=O) groups is 1. The standard InChI is InChI=1S/C22H25N3O3/c1-16-13-18-14-19(7-8-21(18)28-16)23-22(26)25-11-9-24(10-12-25)15-17-5-3-4-6-20(17)27-2/h3-8,13-14H,9-12,15H2,1-2H3,(H,23,26). The van der Waals surface area contributed by atoms with Gasteiger partial charge in [-0.05, 0) is 37.3 Å². The predicted molar refractivity (Wildman–Crippen MR) is 110 cm³/mol. The van der Waals surface area contributed by atoms with Gasteiger partial charge in [-0.2, -0.15) is 0 Å². The molecule has 146 valence electrons. The largest absolute Gasteiger partial charge is 0.496 e. The highest BCUT2D eigenvalue weighted by molar-refractivity contribution is 5.92. The fraction of sp³-hybridized carbons (Fsp3) is 0.318. The number of para-hydroxylation sites is 1. The number of benzene rings is 2. The minimum atomic E-state index is -0.0588. The first-order valence-electron chi connectivity index (χ1n) is 9.53. The molecule has 2 amide bonds. The second-order valence-corrected chi connectivity index (χ2v) is 7.11. The van der Waals surface area contributed by atoms with E-state index in [1.54, 1.807) is 7.11 Å². The third-order valence-corrected chi connectivity index (χ3v) is 5.14. The lowest BCUT2D eigenvalue weighted by atomic mass is 10.1. The number of carbonyl (C=O) groups excluding carboxylic acids is 1. The van der Waals surface area contributed by atoms with Gasteiger partial charge < -0.3 is 19.4 Å². The molecular formula is C22H25N3O3. The Morgan fingerprint density at radius 2 is 1.89 bits per heavy atom. The molecule has 0 unspecified atom stereocenters. The van der Waals surface area contributed by atoms with Crippen molar-refractivity contribution in [3.8, 4) is 5.75 Å². The van der Waals surface area contributed by atoms with Crippen LogP contribution in [0, 0.1) is 6.92 Å². The van der Waals surface area contributed by atoms with Gasteiger partial charge in [0.25, 0.3) is 0 Å². The molecule has 6 heteroatoms. The lowest BCUT2D eigenvalue weighted by molar-refractivity contribution is 0.142. The van der Waals surface area contributed by atoms with Crippen LogP contribution in [-0.2, 0) is 6.54 Å². The molecule has 3 aromatic rings. The van der Waals surface area contributed by atoms with Crippen molar-refractivity contribution in [3.05, 3.63) is 59.9 Å². The smallest absolute Gasteiger partial charge is 0.321 e. The molecule has 2 aromatic carbocycles. The third kappa shape index (κ3) is 3.97. The first kappa shape index (κ1) is 18.4. The number of amides is 2. The summed E-state index contributed by atoms with van der Waals surface area (Å²) in [5, 5.41) is 4.00. The summed E-state index contributed by atoms with van der Waals surface area (Å²) < 4.78 is 11.0. The normalized spacial score (nSPS) is 15.0. The number of urea groups is 1. The monoisotopic (exact) mass is 379 g/mol. The van der Waals surface area contributed by atoms with Gasteiger partial charge in [-0.3, -0.25) is 4.90 Å². The Morgan fingerprint density at radius 3 is 2.68 bits per heavy atom. The van der Waals surface area contributed by atoms with E-state index in [1.807, 2.05) is 54.3 Å². The number of aryl methyl sites for hydroxylation is 1. The Labute approximate surface area is 164 Å². The van der Waals surface area contributed by atoms with E-state index in [0.29, 0.717) is 13.1 Å². The predicted octanol–water partition coefficient (Wildman–Crippen LogP) is 4.10. The van der Waals surface area contributed by atoms with Crippen LogP contribution in [0.2, 0.25) is 0 Å². The van der Waals surface area contributed by atoms with Crippen LogP contribution in [0.15, 0.2) is 52.9 Å². The number of nitrogens with zero attached hydrogens (tertiary/aromatic N) is 2. The summed E-state index contributed by atoms with van der Waals surface area (Å²) in [6, 6.07) is 15.7. The van der Waals surface area contributed by atoms with Gasteiger partial charge in [-0.15, -0.1) is 0 Å². The van der Waals surface area contributed by atoms with E-state index >= 15 is 0 Å². The molecule has 0 saturated carbocycles. The molecule has 1 fully saturated rings. The van der Waals surface area contributed by atoms with E-state index in [4.69, 9.17) is 9.15 Å². The van der Waals surface area contributed by atoms with E-state index in [1.165, 1.54) is 5.56 Å². The first-order valence-corrected chi connectivity index (χ1v) is 9.53. The molecule has 1 saturated heterocycles. The average molecular weight is 379 g/mol. The molecular weight excluding hydrogens is 354 g/mol. The highest BCUT2D eigenvalue weighted by atomic mass is 16.5. The number of methoxy groups -OCH3 is 1. The summed E-state index contributed by atoms with van der Waals surface area (Å²) in [4.78, 5) is 16.8. The summed E-state index contributed by atoms with van der Waals surface area (Å²) >= 11 is 0. The van der Waals surface area contributed by atoms with Crippen molar-refractivity contribution >= 4 is 22.7 Å². The minimum absolute atomic E-state index is 0.0588. The summed E-state index contributed by atoms with van der Waals surface area (Å²) in [5.41, 5.74) is 2.79. The fourth-order valence-corrected chi connectivity index (χ4v) is 3.64. The number of hydrogen-bond acceptors (Lipinski definition) is 4. The lowest BCUT2D eigenvalue weighted by Gasteiger charge is -2.34. The Hall–Kier alpha value is -2.99. The SMILES string of the molecule is COc1ccccc1CN1CCN(C(=O)Nc2ccc3oc(C)cc3c2)CC1. The number of anilines is 1. The fourth-order valence-electron chi connectivity index (χ4n) is 3.64. The summed E-state index contributed by atoms with van der Waals surface area (Å²) in [5.74, 6) is 1.78. The van der Waals surface area contributed by atoms with E-state index in [2.05, 4.69) is 16.3 Å². The molecule has 1 aromatic heterocycles. The highest BCUT2D eigenvalue weighted by Crippen LogP contribution is 2.23. The van der Waals surface area contributed by atoms with Crippen molar-refractivity contribution in [2.75, 3.05) is 38.6 Å². The molecule has 0 spiro atoms. The number of fused-ring (bicyclic) bond motifs is 1. The molecule has 2 heterocycles. The van der Waals surface area contributed by atoms with Crippen LogP contribution in [0.3, 0.4) is 0 Å². The Morgan fingerprint density at radius 1 is 1.11 bits per heavy atom. The molecule has 6 nitrogen and oxygen atoms in total. The molecule has 0 radical (unpaired) electrons. The average Bonchev–Trinajstić information content (AvgIpc) is 3.08. The molecule has 0 bridgehead atoms.